The highest BCUT2D eigenvalue weighted by molar-refractivity contribution is 5.87. The molecule has 1 atom stereocenters. The van der Waals surface area contributed by atoms with Crippen molar-refractivity contribution in [3.8, 4) is 0 Å². The topological polar surface area (TPSA) is 98.7 Å². The Labute approximate surface area is 107 Å². The van der Waals surface area contributed by atoms with Gasteiger partial charge in [-0.1, -0.05) is 0 Å². The molecule has 0 bridgehead atoms. The predicted molar refractivity (Wildman–Crippen MR) is 66.2 cm³/mol. The number of nitrogens with zero attached hydrogens (tertiary/aromatic N) is 1. The molecule has 0 saturated carbocycles. The lowest BCUT2D eigenvalue weighted by Crippen LogP contribution is -2.51. The second-order valence-corrected chi connectivity index (χ2v) is 4.24. The number of hydrogen-bond donors (Lipinski definition) is 3. The zero-order chi connectivity index (χ0) is 14.3. The highest BCUT2D eigenvalue weighted by Crippen LogP contribution is 1.92. The molecule has 3 amide bonds. The summed E-state index contributed by atoms with van der Waals surface area (Å²) in [5.41, 5.74) is 0. The van der Waals surface area contributed by atoms with Crippen LogP contribution >= 0.6 is 0 Å². The minimum Gasteiger partial charge on any atom is -0.480 e. The molecule has 0 aliphatic carbocycles. The van der Waals surface area contributed by atoms with E-state index >= 15 is 0 Å². The summed E-state index contributed by atoms with van der Waals surface area (Å²) in [7, 11) is 0. The molecule has 104 valence electrons. The van der Waals surface area contributed by atoms with Crippen LogP contribution in [0.4, 0.5) is 4.79 Å². The van der Waals surface area contributed by atoms with E-state index in [-0.39, 0.29) is 25.0 Å². The lowest BCUT2D eigenvalue weighted by atomic mass is 10.3. The van der Waals surface area contributed by atoms with Crippen molar-refractivity contribution < 1.29 is 19.5 Å². The minimum atomic E-state index is -1.09. The number of carbonyl (C=O) groups excluding carboxylic acids is 2. The summed E-state index contributed by atoms with van der Waals surface area (Å²) >= 11 is 0. The van der Waals surface area contributed by atoms with Gasteiger partial charge in [0.2, 0.25) is 5.91 Å². The maximum Gasteiger partial charge on any atom is 0.323 e. The third-order valence-corrected chi connectivity index (χ3v) is 2.16. The van der Waals surface area contributed by atoms with E-state index in [1.165, 1.54) is 0 Å². The molecule has 0 aromatic heterocycles. The number of urea groups is 1. The van der Waals surface area contributed by atoms with Crippen molar-refractivity contribution in [2.45, 2.75) is 39.8 Å². The first-order valence-corrected chi connectivity index (χ1v) is 5.85. The van der Waals surface area contributed by atoms with E-state index in [1.54, 1.807) is 13.8 Å². The normalized spacial score (nSPS) is 11.8. The smallest absolute Gasteiger partial charge is 0.323 e. The Hall–Kier alpha value is -1.79. The standard InChI is InChI=1S/C11H21N3O4/c1-5-14(6-9(15)16)11(18)13-8(4)10(17)12-7(2)3/h7-8H,5-6H2,1-4H3,(H,12,17)(H,13,18)(H,15,16). The van der Waals surface area contributed by atoms with Gasteiger partial charge in [0.1, 0.15) is 12.6 Å². The molecular formula is C11H21N3O4. The third-order valence-electron chi connectivity index (χ3n) is 2.16. The van der Waals surface area contributed by atoms with Crippen LogP contribution in [0.2, 0.25) is 0 Å². The molecule has 0 aliphatic rings. The molecule has 0 aromatic rings. The van der Waals surface area contributed by atoms with Gasteiger partial charge in [-0.05, 0) is 27.7 Å². The van der Waals surface area contributed by atoms with E-state index in [9.17, 15) is 14.4 Å². The number of carboxylic acid groups (broad SMARTS) is 1. The molecule has 0 rings (SSSR count). The van der Waals surface area contributed by atoms with Crippen LogP contribution in [0.3, 0.4) is 0 Å². The average Bonchev–Trinajstić information content (AvgIpc) is 2.24. The van der Waals surface area contributed by atoms with Crippen LogP contribution in [-0.2, 0) is 9.59 Å². The van der Waals surface area contributed by atoms with Gasteiger partial charge < -0.3 is 20.6 Å². The van der Waals surface area contributed by atoms with E-state index in [1.807, 2.05) is 13.8 Å². The molecule has 0 radical (unpaired) electrons. The summed E-state index contributed by atoms with van der Waals surface area (Å²) in [6.07, 6.45) is 0. The third kappa shape index (κ3) is 6.07. The van der Waals surface area contributed by atoms with Crippen LogP contribution in [0.15, 0.2) is 0 Å². The Balaban J connectivity index is 4.35. The molecule has 1 unspecified atom stereocenters. The molecule has 0 fully saturated rings. The molecule has 0 aliphatic heterocycles. The zero-order valence-corrected chi connectivity index (χ0v) is 11.2. The zero-order valence-electron chi connectivity index (χ0n) is 11.2. The van der Waals surface area contributed by atoms with Crippen molar-refractivity contribution in [3.63, 3.8) is 0 Å². The van der Waals surface area contributed by atoms with E-state index in [2.05, 4.69) is 10.6 Å². The van der Waals surface area contributed by atoms with E-state index < -0.39 is 18.0 Å². The maximum absolute atomic E-state index is 11.7. The summed E-state index contributed by atoms with van der Waals surface area (Å²) in [6.45, 7) is 6.72. The monoisotopic (exact) mass is 259 g/mol. The molecule has 0 saturated heterocycles. The average molecular weight is 259 g/mol. The van der Waals surface area contributed by atoms with Crippen molar-refractivity contribution in [2.24, 2.45) is 0 Å². The summed E-state index contributed by atoms with van der Waals surface area (Å²) in [5.74, 6) is -1.39. The molecule has 7 heteroatoms. The van der Waals surface area contributed by atoms with Gasteiger partial charge in [0.05, 0.1) is 0 Å². The van der Waals surface area contributed by atoms with Gasteiger partial charge >= 0.3 is 12.0 Å². The first-order valence-electron chi connectivity index (χ1n) is 5.85. The maximum atomic E-state index is 11.7. The Morgan fingerprint density at radius 1 is 1.17 bits per heavy atom. The summed E-state index contributed by atoms with van der Waals surface area (Å²) in [4.78, 5) is 34.9. The van der Waals surface area contributed by atoms with Gasteiger partial charge in [-0.3, -0.25) is 9.59 Å². The van der Waals surface area contributed by atoms with Crippen LogP contribution in [0, 0.1) is 0 Å². The SMILES string of the molecule is CCN(CC(=O)O)C(=O)NC(C)C(=O)NC(C)C. The second-order valence-electron chi connectivity index (χ2n) is 4.24. The molecule has 0 spiro atoms. The quantitative estimate of drug-likeness (QED) is 0.626. The minimum absolute atomic E-state index is 0.0156. The molecule has 7 nitrogen and oxygen atoms in total. The fourth-order valence-corrected chi connectivity index (χ4v) is 1.24. The van der Waals surface area contributed by atoms with Crippen molar-refractivity contribution in [2.75, 3.05) is 13.1 Å². The van der Waals surface area contributed by atoms with Gasteiger partial charge in [-0.15, -0.1) is 0 Å². The van der Waals surface area contributed by atoms with E-state index in [4.69, 9.17) is 5.11 Å². The lowest BCUT2D eigenvalue weighted by Gasteiger charge is -2.22. The fraction of sp³-hybridized carbons (Fsp3) is 0.727. The summed E-state index contributed by atoms with van der Waals surface area (Å²) in [5, 5.41) is 13.7. The highest BCUT2D eigenvalue weighted by Gasteiger charge is 2.20. The van der Waals surface area contributed by atoms with E-state index in [0.717, 1.165) is 4.90 Å². The Bertz CT molecular complexity index is 317. The van der Waals surface area contributed by atoms with Gasteiger partial charge in [0, 0.05) is 12.6 Å². The number of rotatable bonds is 6. The van der Waals surface area contributed by atoms with Crippen LogP contribution in [0.1, 0.15) is 27.7 Å². The van der Waals surface area contributed by atoms with Crippen molar-refractivity contribution in [1.29, 1.82) is 0 Å². The van der Waals surface area contributed by atoms with Crippen LogP contribution in [0.25, 0.3) is 0 Å². The number of carboxylic acids is 1. The summed E-state index contributed by atoms with van der Waals surface area (Å²) in [6, 6.07) is -1.28. The molecule has 0 aromatic carbocycles. The number of amides is 3. The van der Waals surface area contributed by atoms with Gasteiger partial charge in [0.15, 0.2) is 0 Å². The first kappa shape index (κ1) is 16.2. The number of likely N-dealkylation sites (N-methyl/N-ethyl adjacent to an activating group) is 1. The van der Waals surface area contributed by atoms with Gasteiger partial charge in [0.25, 0.3) is 0 Å². The predicted octanol–water partition coefficient (Wildman–Crippen LogP) is 0.0156. The Kier molecular flexibility index (Phi) is 6.77. The molecule has 3 N–H and O–H groups in total. The van der Waals surface area contributed by atoms with Gasteiger partial charge in [-0.25, -0.2) is 4.79 Å². The highest BCUT2D eigenvalue weighted by atomic mass is 16.4. The summed E-state index contributed by atoms with van der Waals surface area (Å²) < 4.78 is 0. The largest absolute Gasteiger partial charge is 0.480 e. The fourth-order valence-electron chi connectivity index (χ4n) is 1.24. The molecule has 0 heterocycles. The molecular weight excluding hydrogens is 238 g/mol. The number of nitrogens with one attached hydrogen (secondary N) is 2. The van der Waals surface area contributed by atoms with Crippen LogP contribution < -0.4 is 10.6 Å². The number of hydrogen-bond acceptors (Lipinski definition) is 3. The molecule has 18 heavy (non-hydrogen) atoms. The Morgan fingerprint density at radius 2 is 1.72 bits per heavy atom. The van der Waals surface area contributed by atoms with Crippen molar-refractivity contribution in [1.82, 2.24) is 15.5 Å². The first-order chi connectivity index (χ1) is 8.27. The van der Waals surface area contributed by atoms with Crippen LogP contribution in [-0.4, -0.2) is 53.1 Å². The van der Waals surface area contributed by atoms with Crippen LogP contribution in [0.5, 0.6) is 0 Å². The second kappa shape index (κ2) is 7.52. The van der Waals surface area contributed by atoms with Crippen molar-refractivity contribution in [3.05, 3.63) is 0 Å². The Morgan fingerprint density at radius 3 is 2.11 bits per heavy atom. The van der Waals surface area contributed by atoms with Gasteiger partial charge in [-0.2, -0.15) is 0 Å². The lowest BCUT2D eigenvalue weighted by molar-refractivity contribution is -0.137. The van der Waals surface area contributed by atoms with E-state index in [0.29, 0.717) is 0 Å². The van der Waals surface area contributed by atoms with Crippen molar-refractivity contribution >= 4 is 17.9 Å². The number of aliphatic carboxylic acids is 1. The number of carbonyl (C=O) groups is 3.